The highest BCUT2D eigenvalue weighted by Crippen LogP contribution is 2.23. The van der Waals surface area contributed by atoms with Crippen molar-refractivity contribution in [1.82, 2.24) is 10.1 Å². The Morgan fingerprint density at radius 3 is 2.71 bits per heavy atom. The number of aromatic nitrogens is 2. The smallest absolute Gasteiger partial charge is 0.257 e. The van der Waals surface area contributed by atoms with Crippen LogP contribution in [-0.2, 0) is 6.54 Å². The molecule has 1 heterocycles. The highest BCUT2D eigenvalue weighted by atomic mass is 35.5. The molecule has 3 aromatic rings. The predicted octanol–water partition coefficient (Wildman–Crippen LogP) is 4.31. The summed E-state index contributed by atoms with van der Waals surface area (Å²) in [6, 6.07) is 15.5. The maximum absolute atomic E-state index is 6.17. The average Bonchev–Trinajstić information content (AvgIpc) is 2.96. The third-order valence-electron chi connectivity index (χ3n) is 3.05. The summed E-state index contributed by atoms with van der Waals surface area (Å²) in [5.41, 5.74) is 2.88. The molecular formula is C16H14ClN3O. The van der Waals surface area contributed by atoms with E-state index in [-0.39, 0.29) is 0 Å². The number of anilines is 1. The van der Waals surface area contributed by atoms with Gasteiger partial charge in [0.25, 0.3) is 5.89 Å². The van der Waals surface area contributed by atoms with Crippen LogP contribution in [0.25, 0.3) is 11.5 Å². The summed E-state index contributed by atoms with van der Waals surface area (Å²) < 4.78 is 5.25. The highest BCUT2D eigenvalue weighted by molar-refractivity contribution is 6.33. The van der Waals surface area contributed by atoms with Crippen molar-refractivity contribution in [2.75, 3.05) is 5.32 Å². The zero-order valence-corrected chi connectivity index (χ0v) is 12.3. The number of aryl methyl sites for hydroxylation is 1. The summed E-state index contributed by atoms with van der Waals surface area (Å²) in [4.78, 5) is 4.36. The van der Waals surface area contributed by atoms with Crippen LogP contribution < -0.4 is 5.32 Å². The second-order valence-corrected chi connectivity index (χ2v) is 5.13. The molecule has 5 heteroatoms. The Morgan fingerprint density at radius 1 is 1.14 bits per heavy atom. The minimum absolute atomic E-state index is 0.457. The summed E-state index contributed by atoms with van der Waals surface area (Å²) in [5, 5.41) is 7.85. The molecule has 21 heavy (non-hydrogen) atoms. The van der Waals surface area contributed by atoms with Crippen LogP contribution in [0, 0.1) is 6.92 Å². The number of rotatable bonds is 4. The molecule has 0 aliphatic heterocycles. The molecule has 0 saturated carbocycles. The molecule has 1 N–H and O–H groups in total. The standard InChI is InChI=1S/C16H14ClN3O/c1-11-7-8-14(13(17)9-11)18-10-15-19-16(21-20-15)12-5-3-2-4-6-12/h2-9,18H,10H2,1H3. The average molecular weight is 300 g/mol. The Hall–Kier alpha value is -2.33. The number of hydrogen-bond donors (Lipinski definition) is 1. The number of nitrogens with zero attached hydrogens (tertiary/aromatic N) is 2. The van der Waals surface area contributed by atoms with E-state index in [0.717, 1.165) is 16.8 Å². The van der Waals surface area contributed by atoms with Crippen molar-refractivity contribution in [2.24, 2.45) is 0 Å². The minimum Gasteiger partial charge on any atom is -0.376 e. The Morgan fingerprint density at radius 2 is 1.95 bits per heavy atom. The van der Waals surface area contributed by atoms with Gasteiger partial charge in [-0.15, -0.1) is 0 Å². The third-order valence-corrected chi connectivity index (χ3v) is 3.36. The third kappa shape index (κ3) is 3.23. The molecule has 0 amide bonds. The van der Waals surface area contributed by atoms with Gasteiger partial charge >= 0.3 is 0 Å². The van der Waals surface area contributed by atoms with Crippen LogP contribution in [0.2, 0.25) is 5.02 Å². The number of benzene rings is 2. The van der Waals surface area contributed by atoms with Gasteiger partial charge in [0.05, 0.1) is 17.3 Å². The van der Waals surface area contributed by atoms with Gasteiger partial charge in [0.15, 0.2) is 5.82 Å². The quantitative estimate of drug-likeness (QED) is 0.780. The fourth-order valence-electron chi connectivity index (χ4n) is 1.96. The number of hydrogen-bond acceptors (Lipinski definition) is 4. The van der Waals surface area contributed by atoms with Crippen molar-refractivity contribution in [1.29, 1.82) is 0 Å². The maximum Gasteiger partial charge on any atom is 0.257 e. The van der Waals surface area contributed by atoms with Gasteiger partial charge in [0.1, 0.15) is 0 Å². The van der Waals surface area contributed by atoms with E-state index in [1.165, 1.54) is 0 Å². The van der Waals surface area contributed by atoms with Gasteiger partial charge in [-0.3, -0.25) is 0 Å². The van der Waals surface area contributed by atoms with Gasteiger partial charge in [0, 0.05) is 5.56 Å². The molecule has 0 saturated heterocycles. The van der Waals surface area contributed by atoms with Crippen molar-refractivity contribution in [2.45, 2.75) is 13.5 Å². The van der Waals surface area contributed by atoms with Gasteiger partial charge in [-0.25, -0.2) is 0 Å². The molecule has 0 unspecified atom stereocenters. The van der Waals surface area contributed by atoms with Crippen LogP contribution in [0.1, 0.15) is 11.4 Å². The lowest BCUT2D eigenvalue weighted by Gasteiger charge is -2.06. The first-order valence-corrected chi connectivity index (χ1v) is 6.98. The van der Waals surface area contributed by atoms with Crippen LogP contribution in [0.3, 0.4) is 0 Å². The molecule has 0 spiro atoms. The van der Waals surface area contributed by atoms with E-state index in [1.807, 2.05) is 55.5 Å². The molecule has 4 nitrogen and oxygen atoms in total. The van der Waals surface area contributed by atoms with Gasteiger partial charge in [0.2, 0.25) is 0 Å². The topological polar surface area (TPSA) is 51.0 Å². The van der Waals surface area contributed by atoms with Crippen molar-refractivity contribution in [3.05, 3.63) is 64.9 Å². The summed E-state index contributed by atoms with van der Waals surface area (Å²) >= 11 is 6.17. The lowest BCUT2D eigenvalue weighted by atomic mass is 10.2. The lowest BCUT2D eigenvalue weighted by molar-refractivity contribution is 0.423. The first kappa shape index (κ1) is 13.6. The summed E-state index contributed by atoms with van der Waals surface area (Å²) in [6.45, 7) is 2.46. The summed E-state index contributed by atoms with van der Waals surface area (Å²) in [6.07, 6.45) is 0. The molecule has 0 bridgehead atoms. The van der Waals surface area contributed by atoms with Gasteiger partial charge < -0.3 is 9.84 Å². The minimum atomic E-state index is 0.457. The Balaban J connectivity index is 1.70. The Labute approximate surface area is 127 Å². The van der Waals surface area contributed by atoms with E-state index in [0.29, 0.717) is 23.3 Å². The fourth-order valence-corrected chi connectivity index (χ4v) is 2.26. The van der Waals surface area contributed by atoms with Gasteiger partial charge in [-0.2, -0.15) is 4.98 Å². The van der Waals surface area contributed by atoms with Crippen molar-refractivity contribution >= 4 is 17.3 Å². The monoisotopic (exact) mass is 299 g/mol. The molecule has 0 radical (unpaired) electrons. The van der Waals surface area contributed by atoms with Gasteiger partial charge in [-0.05, 0) is 36.8 Å². The van der Waals surface area contributed by atoms with Crippen LogP contribution in [0.15, 0.2) is 53.1 Å². The van der Waals surface area contributed by atoms with E-state index in [9.17, 15) is 0 Å². The Kier molecular flexibility index (Phi) is 3.88. The predicted molar refractivity (Wildman–Crippen MR) is 83.2 cm³/mol. The number of nitrogens with one attached hydrogen (secondary N) is 1. The van der Waals surface area contributed by atoms with Crippen molar-refractivity contribution in [3.63, 3.8) is 0 Å². The summed E-state index contributed by atoms with van der Waals surface area (Å²) in [5.74, 6) is 1.10. The molecule has 1 aromatic heterocycles. The zero-order chi connectivity index (χ0) is 14.7. The van der Waals surface area contributed by atoms with E-state index in [1.54, 1.807) is 0 Å². The molecule has 0 fully saturated rings. The van der Waals surface area contributed by atoms with Crippen LogP contribution in [0.4, 0.5) is 5.69 Å². The maximum atomic E-state index is 6.17. The van der Waals surface area contributed by atoms with Crippen molar-refractivity contribution in [3.8, 4) is 11.5 Å². The largest absolute Gasteiger partial charge is 0.376 e. The summed E-state index contributed by atoms with van der Waals surface area (Å²) in [7, 11) is 0. The lowest BCUT2D eigenvalue weighted by Crippen LogP contribution is -2.01. The van der Waals surface area contributed by atoms with Crippen LogP contribution in [0.5, 0.6) is 0 Å². The molecule has 2 aromatic carbocycles. The van der Waals surface area contributed by atoms with E-state index in [2.05, 4.69) is 15.5 Å². The van der Waals surface area contributed by atoms with E-state index < -0.39 is 0 Å². The van der Waals surface area contributed by atoms with Crippen LogP contribution >= 0.6 is 11.6 Å². The normalized spacial score (nSPS) is 10.6. The molecule has 0 aliphatic rings. The zero-order valence-electron chi connectivity index (χ0n) is 11.5. The molecule has 106 valence electrons. The van der Waals surface area contributed by atoms with E-state index >= 15 is 0 Å². The van der Waals surface area contributed by atoms with E-state index in [4.69, 9.17) is 16.1 Å². The molecular weight excluding hydrogens is 286 g/mol. The molecule has 0 atom stereocenters. The first-order chi connectivity index (χ1) is 10.2. The number of halogens is 1. The molecule has 0 aliphatic carbocycles. The first-order valence-electron chi connectivity index (χ1n) is 6.60. The SMILES string of the molecule is Cc1ccc(NCc2noc(-c3ccccc3)n2)c(Cl)c1. The highest BCUT2D eigenvalue weighted by Gasteiger charge is 2.08. The van der Waals surface area contributed by atoms with Gasteiger partial charge in [-0.1, -0.05) is 41.0 Å². The van der Waals surface area contributed by atoms with Crippen LogP contribution in [-0.4, -0.2) is 10.1 Å². The molecule has 3 rings (SSSR count). The second kappa shape index (κ2) is 5.97. The van der Waals surface area contributed by atoms with Crippen molar-refractivity contribution < 1.29 is 4.52 Å². The Bertz CT molecular complexity index is 740. The fraction of sp³-hybridized carbons (Fsp3) is 0.125. The second-order valence-electron chi connectivity index (χ2n) is 4.72.